The van der Waals surface area contributed by atoms with Crippen LogP contribution in [0.1, 0.15) is 34.0 Å². The molecule has 0 N–H and O–H groups in total. The van der Waals surface area contributed by atoms with Crippen LogP contribution in [0.25, 0.3) is 0 Å². The molecule has 0 radical (unpaired) electrons. The zero-order valence-corrected chi connectivity index (χ0v) is 15.2. The minimum atomic E-state index is -4.53. The smallest absolute Gasteiger partial charge is 0.419 e. The van der Waals surface area contributed by atoms with Crippen LogP contribution in [0.15, 0.2) is 40.9 Å². The molecule has 0 heterocycles. The van der Waals surface area contributed by atoms with Crippen molar-refractivity contribution in [3.05, 3.63) is 63.1 Å². The highest BCUT2D eigenvalue weighted by Crippen LogP contribution is 2.37. The number of ether oxygens (including phenoxy) is 2. The normalized spacial score (nSPS) is 11.3. The van der Waals surface area contributed by atoms with E-state index in [0.717, 1.165) is 6.07 Å². The third-order valence-electron chi connectivity index (χ3n) is 3.43. The zero-order chi connectivity index (χ0) is 18.6. The summed E-state index contributed by atoms with van der Waals surface area (Å²) in [7, 11) is 0. The summed E-state index contributed by atoms with van der Waals surface area (Å²) in [5, 5.41) is 0. The van der Waals surface area contributed by atoms with E-state index in [1.165, 1.54) is 12.1 Å². The molecule has 0 unspecified atom stereocenters. The highest BCUT2D eigenvalue weighted by Gasteiger charge is 2.34. The highest BCUT2D eigenvalue weighted by atomic mass is 79.9. The van der Waals surface area contributed by atoms with Crippen molar-refractivity contribution in [2.45, 2.75) is 26.6 Å². The van der Waals surface area contributed by atoms with Gasteiger partial charge in [0.15, 0.2) is 0 Å². The van der Waals surface area contributed by atoms with Crippen molar-refractivity contribution in [2.24, 2.45) is 0 Å². The molecule has 134 valence electrons. The van der Waals surface area contributed by atoms with Gasteiger partial charge in [0.05, 0.1) is 17.7 Å². The Morgan fingerprint density at radius 2 is 1.92 bits per heavy atom. The Bertz CT molecular complexity index is 773. The van der Waals surface area contributed by atoms with E-state index in [2.05, 4.69) is 15.9 Å². The van der Waals surface area contributed by atoms with E-state index < -0.39 is 17.7 Å². The van der Waals surface area contributed by atoms with Crippen LogP contribution >= 0.6 is 15.9 Å². The van der Waals surface area contributed by atoms with E-state index in [0.29, 0.717) is 15.6 Å². The van der Waals surface area contributed by atoms with Crippen molar-refractivity contribution in [3.63, 3.8) is 0 Å². The summed E-state index contributed by atoms with van der Waals surface area (Å²) < 4.78 is 50.5. The monoisotopic (exact) mass is 416 g/mol. The lowest BCUT2D eigenvalue weighted by Gasteiger charge is -2.16. The molecule has 0 fully saturated rings. The summed E-state index contributed by atoms with van der Waals surface area (Å²) in [6.45, 7) is 3.24. The Morgan fingerprint density at radius 1 is 1.20 bits per heavy atom. The highest BCUT2D eigenvalue weighted by molar-refractivity contribution is 9.10. The van der Waals surface area contributed by atoms with Gasteiger partial charge in [-0.05, 0) is 38.1 Å². The lowest BCUT2D eigenvalue weighted by molar-refractivity contribution is -0.139. The van der Waals surface area contributed by atoms with Crippen molar-refractivity contribution in [1.82, 2.24) is 0 Å². The standard InChI is InChI=1S/C18H16BrF3O3/c1-3-24-17(23)12-5-4-6-15(19)13(12)10-25-16-8-7-11(2)9-14(16)18(20,21)22/h4-9H,3,10H2,1-2H3. The van der Waals surface area contributed by atoms with Crippen LogP contribution in [0.3, 0.4) is 0 Å². The van der Waals surface area contributed by atoms with E-state index in [1.54, 1.807) is 32.0 Å². The summed E-state index contributed by atoms with van der Waals surface area (Å²) in [4.78, 5) is 12.0. The quantitative estimate of drug-likeness (QED) is 0.600. The van der Waals surface area contributed by atoms with Crippen molar-refractivity contribution < 1.29 is 27.4 Å². The molecule has 25 heavy (non-hydrogen) atoms. The minimum Gasteiger partial charge on any atom is -0.488 e. The Morgan fingerprint density at radius 3 is 2.56 bits per heavy atom. The van der Waals surface area contributed by atoms with Gasteiger partial charge in [0.1, 0.15) is 12.4 Å². The van der Waals surface area contributed by atoms with Gasteiger partial charge in [-0.15, -0.1) is 0 Å². The van der Waals surface area contributed by atoms with E-state index in [4.69, 9.17) is 9.47 Å². The first-order valence-corrected chi connectivity index (χ1v) is 8.28. The fourth-order valence-electron chi connectivity index (χ4n) is 2.25. The number of hydrogen-bond donors (Lipinski definition) is 0. The Labute approximate surface area is 151 Å². The predicted molar refractivity (Wildman–Crippen MR) is 90.6 cm³/mol. The molecule has 0 aliphatic rings. The molecule has 0 amide bonds. The summed E-state index contributed by atoms with van der Waals surface area (Å²) in [6, 6.07) is 8.72. The van der Waals surface area contributed by atoms with Gasteiger partial charge in [-0.2, -0.15) is 13.2 Å². The number of carbonyl (C=O) groups is 1. The molecule has 0 saturated carbocycles. The minimum absolute atomic E-state index is 0.196. The number of aryl methyl sites for hydroxylation is 1. The van der Waals surface area contributed by atoms with Gasteiger partial charge in [0, 0.05) is 10.0 Å². The van der Waals surface area contributed by atoms with Gasteiger partial charge >= 0.3 is 12.1 Å². The summed E-state index contributed by atoms with van der Waals surface area (Å²) in [6.07, 6.45) is -4.53. The molecule has 0 saturated heterocycles. The molecule has 0 spiro atoms. The van der Waals surface area contributed by atoms with Gasteiger partial charge in [-0.3, -0.25) is 0 Å². The van der Waals surface area contributed by atoms with E-state index in [1.807, 2.05) is 0 Å². The second-order valence-electron chi connectivity index (χ2n) is 5.27. The number of halogens is 4. The molecule has 0 aliphatic carbocycles. The molecule has 2 aromatic rings. The molecule has 2 rings (SSSR count). The maximum atomic E-state index is 13.2. The zero-order valence-electron chi connectivity index (χ0n) is 13.6. The lowest BCUT2D eigenvalue weighted by atomic mass is 10.1. The maximum absolute atomic E-state index is 13.2. The van der Waals surface area contributed by atoms with Crippen LogP contribution in [0.2, 0.25) is 0 Å². The number of rotatable bonds is 5. The van der Waals surface area contributed by atoms with Crippen LogP contribution in [0.4, 0.5) is 13.2 Å². The van der Waals surface area contributed by atoms with Crippen molar-refractivity contribution in [1.29, 1.82) is 0 Å². The van der Waals surface area contributed by atoms with Crippen LogP contribution in [-0.2, 0) is 17.5 Å². The van der Waals surface area contributed by atoms with Crippen LogP contribution in [0, 0.1) is 6.92 Å². The van der Waals surface area contributed by atoms with Gasteiger partial charge in [-0.1, -0.05) is 33.6 Å². The number of carbonyl (C=O) groups excluding carboxylic acids is 1. The first-order valence-electron chi connectivity index (χ1n) is 7.49. The Balaban J connectivity index is 2.33. The summed E-state index contributed by atoms with van der Waals surface area (Å²) in [5.74, 6) is -0.842. The number of hydrogen-bond acceptors (Lipinski definition) is 3. The molecule has 0 bridgehead atoms. The maximum Gasteiger partial charge on any atom is 0.419 e. The Kier molecular flexibility index (Phi) is 6.11. The fourth-order valence-corrected chi connectivity index (χ4v) is 2.73. The second-order valence-corrected chi connectivity index (χ2v) is 6.13. The largest absolute Gasteiger partial charge is 0.488 e. The van der Waals surface area contributed by atoms with Gasteiger partial charge in [0.2, 0.25) is 0 Å². The average molecular weight is 417 g/mol. The SMILES string of the molecule is CCOC(=O)c1cccc(Br)c1COc1ccc(C)cc1C(F)(F)F. The number of esters is 1. The summed E-state index contributed by atoms with van der Waals surface area (Å²) in [5.41, 5.74) is 0.302. The predicted octanol–water partition coefficient (Wildman–Crippen LogP) is 5.53. The van der Waals surface area contributed by atoms with E-state index in [9.17, 15) is 18.0 Å². The van der Waals surface area contributed by atoms with Crippen molar-refractivity contribution >= 4 is 21.9 Å². The molecule has 0 atom stereocenters. The van der Waals surface area contributed by atoms with Crippen molar-refractivity contribution in [3.8, 4) is 5.75 Å². The molecule has 0 aromatic heterocycles. The van der Waals surface area contributed by atoms with Gasteiger partial charge in [-0.25, -0.2) is 4.79 Å². The molecule has 3 nitrogen and oxygen atoms in total. The van der Waals surface area contributed by atoms with E-state index in [-0.39, 0.29) is 24.5 Å². The van der Waals surface area contributed by atoms with Crippen LogP contribution in [0.5, 0.6) is 5.75 Å². The van der Waals surface area contributed by atoms with Crippen LogP contribution in [-0.4, -0.2) is 12.6 Å². The van der Waals surface area contributed by atoms with Gasteiger partial charge in [0.25, 0.3) is 0 Å². The van der Waals surface area contributed by atoms with Crippen LogP contribution < -0.4 is 4.74 Å². The summed E-state index contributed by atoms with van der Waals surface area (Å²) >= 11 is 3.30. The number of benzene rings is 2. The molecule has 7 heteroatoms. The Hall–Kier alpha value is -2.02. The fraction of sp³-hybridized carbons (Fsp3) is 0.278. The topological polar surface area (TPSA) is 35.5 Å². The third kappa shape index (κ3) is 4.75. The van der Waals surface area contributed by atoms with Crippen molar-refractivity contribution in [2.75, 3.05) is 6.61 Å². The molecular formula is C18H16BrF3O3. The first kappa shape index (κ1) is 19.3. The van der Waals surface area contributed by atoms with Gasteiger partial charge < -0.3 is 9.47 Å². The molecular weight excluding hydrogens is 401 g/mol. The molecule has 0 aliphatic heterocycles. The third-order valence-corrected chi connectivity index (χ3v) is 4.17. The lowest BCUT2D eigenvalue weighted by Crippen LogP contribution is -2.12. The second kappa shape index (κ2) is 7.91. The van der Waals surface area contributed by atoms with E-state index >= 15 is 0 Å². The number of alkyl halides is 3. The average Bonchev–Trinajstić information content (AvgIpc) is 2.53. The molecule has 2 aromatic carbocycles. The first-order chi connectivity index (χ1) is 11.7.